The summed E-state index contributed by atoms with van der Waals surface area (Å²) < 4.78 is 42.4. The number of carbonyl (C=O) groups is 1. The Balaban J connectivity index is 1.66. The van der Waals surface area contributed by atoms with Crippen LogP contribution in [-0.4, -0.2) is 21.9 Å². The van der Waals surface area contributed by atoms with Crippen molar-refractivity contribution in [1.29, 1.82) is 5.26 Å². The summed E-state index contributed by atoms with van der Waals surface area (Å²) >= 11 is 7.16. The van der Waals surface area contributed by atoms with Crippen molar-refractivity contribution in [2.45, 2.75) is 44.9 Å². The van der Waals surface area contributed by atoms with Gasteiger partial charge in [0.15, 0.2) is 11.7 Å². The van der Waals surface area contributed by atoms with Gasteiger partial charge in [0.1, 0.15) is 16.9 Å². The van der Waals surface area contributed by atoms with Gasteiger partial charge in [0.25, 0.3) is 5.91 Å². The van der Waals surface area contributed by atoms with Gasteiger partial charge >= 0.3 is 6.18 Å². The van der Waals surface area contributed by atoms with E-state index < -0.39 is 24.2 Å². The number of aromatic nitrogens is 2. The lowest BCUT2D eigenvalue weighted by atomic mass is 9.97. The Morgan fingerprint density at radius 2 is 2.09 bits per heavy atom. The Bertz CT molecular complexity index is 1240. The predicted octanol–water partition coefficient (Wildman–Crippen LogP) is 6.25. The quantitative estimate of drug-likeness (QED) is 0.450. The Morgan fingerprint density at radius 3 is 2.70 bits per heavy atom. The first-order chi connectivity index (χ1) is 15.6. The van der Waals surface area contributed by atoms with E-state index in [1.54, 1.807) is 24.3 Å². The van der Waals surface area contributed by atoms with Crippen LogP contribution in [0.25, 0.3) is 0 Å². The van der Waals surface area contributed by atoms with E-state index in [1.807, 2.05) is 13.8 Å². The van der Waals surface area contributed by atoms with Crippen molar-refractivity contribution in [2.24, 2.45) is 0 Å². The third kappa shape index (κ3) is 4.43. The molecule has 0 spiro atoms. The highest BCUT2D eigenvalue weighted by atomic mass is 35.5. The van der Waals surface area contributed by atoms with Gasteiger partial charge in [0.05, 0.1) is 11.6 Å². The number of alkyl halides is 3. The number of amides is 1. The summed E-state index contributed by atoms with van der Waals surface area (Å²) in [6, 6.07) is 7.43. The number of halogens is 4. The number of hydrogen-bond donors (Lipinski definition) is 2. The molecule has 0 saturated carbocycles. The molecule has 0 bridgehead atoms. The van der Waals surface area contributed by atoms with Crippen molar-refractivity contribution in [3.63, 3.8) is 0 Å². The molecule has 0 fully saturated rings. The molecule has 1 amide bonds. The van der Waals surface area contributed by atoms with Crippen molar-refractivity contribution < 1.29 is 18.0 Å². The summed E-state index contributed by atoms with van der Waals surface area (Å²) in [6.45, 7) is 3.76. The molecule has 3 heterocycles. The number of nitrogens with one attached hydrogen (secondary N) is 2. The van der Waals surface area contributed by atoms with Crippen molar-refractivity contribution in [3.8, 4) is 6.07 Å². The van der Waals surface area contributed by atoms with Crippen molar-refractivity contribution in [3.05, 3.63) is 62.6 Å². The minimum absolute atomic E-state index is 0.0887. The van der Waals surface area contributed by atoms with Crippen molar-refractivity contribution in [1.82, 2.24) is 9.78 Å². The fourth-order valence-corrected chi connectivity index (χ4v) is 5.19. The molecule has 0 saturated heterocycles. The van der Waals surface area contributed by atoms with E-state index in [-0.39, 0.29) is 17.9 Å². The number of hydrogen-bond acceptors (Lipinski definition) is 5. The highest BCUT2D eigenvalue weighted by Crippen LogP contribution is 2.44. The molecule has 0 unspecified atom stereocenters. The van der Waals surface area contributed by atoms with E-state index in [1.165, 1.54) is 17.4 Å². The van der Waals surface area contributed by atoms with E-state index in [4.69, 9.17) is 11.6 Å². The van der Waals surface area contributed by atoms with Crippen molar-refractivity contribution >= 4 is 39.7 Å². The minimum atomic E-state index is -4.56. The van der Waals surface area contributed by atoms with Gasteiger partial charge in [-0.15, -0.1) is 11.3 Å². The topological polar surface area (TPSA) is 82.7 Å². The maximum Gasteiger partial charge on any atom is 0.410 e. The van der Waals surface area contributed by atoms with Gasteiger partial charge in [-0.2, -0.15) is 23.5 Å². The van der Waals surface area contributed by atoms with Gasteiger partial charge in [-0.05, 0) is 36.6 Å². The zero-order valence-electron chi connectivity index (χ0n) is 17.6. The molecule has 2 aromatic heterocycles. The molecule has 11 heteroatoms. The molecular weight excluding hydrogens is 475 g/mol. The van der Waals surface area contributed by atoms with E-state index in [0.717, 1.165) is 15.1 Å². The van der Waals surface area contributed by atoms with E-state index in [0.29, 0.717) is 27.6 Å². The predicted molar refractivity (Wildman–Crippen MR) is 121 cm³/mol. The highest BCUT2D eigenvalue weighted by Gasteiger charge is 2.46. The summed E-state index contributed by atoms with van der Waals surface area (Å²) in [5, 5.41) is 20.0. The van der Waals surface area contributed by atoms with E-state index in [9.17, 15) is 23.2 Å². The molecule has 2 atom stereocenters. The molecular formula is C22H19ClF3N5OS. The number of fused-ring (bicyclic) bond motifs is 1. The molecule has 4 rings (SSSR count). The fourth-order valence-electron chi connectivity index (χ4n) is 3.98. The Labute approximate surface area is 197 Å². The van der Waals surface area contributed by atoms with Crippen LogP contribution in [0.15, 0.2) is 30.3 Å². The SMILES string of the molecule is CCc1c(C)sc(NC(=O)c2cc3n(n2)[C@H](C(F)(F)F)C[C@H](c2ccc(Cl)cc2)N3)c1C#N. The van der Waals surface area contributed by atoms with Crippen LogP contribution in [0.5, 0.6) is 0 Å². The molecule has 6 nitrogen and oxygen atoms in total. The summed E-state index contributed by atoms with van der Waals surface area (Å²) in [4.78, 5) is 13.7. The van der Waals surface area contributed by atoms with Gasteiger partial charge in [0, 0.05) is 22.4 Å². The Hall–Kier alpha value is -3.03. The van der Waals surface area contributed by atoms with Crippen LogP contribution < -0.4 is 10.6 Å². The first kappa shape index (κ1) is 23.1. The molecule has 1 aliphatic heterocycles. The fraction of sp³-hybridized carbons (Fsp3) is 0.318. The van der Waals surface area contributed by atoms with Crippen LogP contribution in [0.2, 0.25) is 5.02 Å². The Morgan fingerprint density at radius 1 is 1.39 bits per heavy atom. The highest BCUT2D eigenvalue weighted by molar-refractivity contribution is 7.16. The number of nitrogens with zero attached hydrogens (tertiary/aromatic N) is 3. The van der Waals surface area contributed by atoms with Crippen LogP contribution in [0.1, 0.15) is 57.5 Å². The summed E-state index contributed by atoms with van der Waals surface area (Å²) in [7, 11) is 0. The molecule has 3 aromatic rings. The second-order valence-corrected chi connectivity index (χ2v) is 9.32. The first-order valence-corrected chi connectivity index (χ1v) is 11.3. The maximum absolute atomic E-state index is 13.9. The molecule has 0 radical (unpaired) electrons. The van der Waals surface area contributed by atoms with Crippen LogP contribution in [0.4, 0.5) is 24.0 Å². The van der Waals surface area contributed by atoms with Crippen molar-refractivity contribution in [2.75, 3.05) is 10.6 Å². The second kappa shape index (κ2) is 8.72. The third-order valence-corrected chi connectivity index (χ3v) is 6.91. The lowest BCUT2D eigenvalue weighted by Crippen LogP contribution is -2.35. The van der Waals surface area contributed by atoms with E-state index in [2.05, 4.69) is 21.8 Å². The number of thiophene rings is 1. The molecule has 2 N–H and O–H groups in total. The lowest BCUT2D eigenvalue weighted by molar-refractivity contribution is -0.173. The van der Waals surface area contributed by atoms with Gasteiger partial charge in [-0.1, -0.05) is 30.7 Å². The van der Waals surface area contributed by atoms with Gasteiger partial charge in [-0.3, -0.25) is 4.79 Å². The molecule has 1 aromatic carbocycles. The summed E-state index contributed by atoms with van der Waals surface area (Å²) in [5.41, 5.74) is 1.68. The number of rotatable bonds is 4. The minimum Gasteiger partial charge on any atom is -0.363 e. The average molecular weight is 494 g/mol. The van der Waals surface area contributed by atoms with Gasteiger partial charge in [-0.25, -0.2) is 4.68 Å². The maximum atomic E-state index is 13.9. The van der Waals surface area contributed by atoms with Crippen LogP contribution in [-0.2, 0) is 6.42 Å². The number of aryl methyl sites for hydroxylation is 1. The second-order valence-electron chi connectivity index (χ2n) is 7.66. The number of carbonyl (C=O) groups excluding carboxylic acids is 1. The molecule has 1 aliphatic rings. The van der Waals surface area contributed by atoms with E-state index >= 15 is 0 Å². The molecule has 0 aliphatic carbocycles. The normalized spacial score (nSPS) is 17.7. The number of nitriles is 1. The smallest absolute Gasteiger partial charge is 0.363 e. The van der Waals surface area contributed by atoms with Gasteiger partial charge < -0.3 is 10.6 Å². The zero-order chi connectivity index (χ0) is 23.9. The van der Waals surface area contributed by atoms with Gasteiger partial charge in [0.2, 0.25) is 0 Å². The van der Waals surface area contributed by atoms with Crippen LogP contribution in [0.3, 0.4) is 0 Å². The number of benzene rings is 1. The largest absolute Gasteiger partial charge is 0.410 e. The summed E-state index contributed by atoms with van der Waals surface area (Å²) in [5.74, 6) is -0.589. The monoisotopic (exact) mass is 493 g/mol. The Kier molecular flexibility index (Phi) is 6.12. The standard InChI is InChI=1S/C22H19ClF3N5OS/c1-3-14-11(2)33-21(15(14)10-27)29-20(32)17-9-19-28-16(12-4-6-13(23)7-5-12)8-18(22(24,25)26)31(19)30-17/h4-7,9,16,18,28H,3,8H2,1-2H3,(H,29,32)/t16-,18+/m1/s1. The number of anilines is 2. The lowest BCUT2D eigenvalue weighted by Gasteiger charge is -2.33. The van der Waals surface area contributed by atoms with Crippen LogP contribution >= 0.6 is 22.9 Å². The van der Waals surface area contributed by atoms with Crippen LogP contribution in [0, 0.1) is 18.3 Å². The zero-order valence-corrected chi connectivity index (χ0v) is 19.2. The average Bonchev–Trinajstić information content (AvgIpc) is 3.32. The summed E-state index contributed by atoms with van der Waals surface area (Å²) in [6.07, 6.45) is -4.22. The third-order valence-electron chi connectivity index (χ3n) is 5.60. The molecule has 33 heavy (non-hydrogen) atoms. The first-order valence-electron chi connectivity index (χ1n) is 10.1. The molecule has 172 valence electrons.